The molecule has 20 heavy (non-hydrogen) atoms. The fourth-order valence-corrected chi connectivity index (χ4v) is 1.52. The van der Waals surface area contributed by atoms with Crippen molar-refractivity contribution in [3.8, 4) is 5.75 Å². The predicted octanol–water partition coefficient (Wildman–Crippen LogP) is 3.87. The minimum atomic E-state index is -5.14. The summed E-state index contributed by atoms with van der Waals surface area (Å²) in [6.45, 7) is 1.79. The summed E-state index contributed by atoms with van der Waals surface area (Å²) < 4.78 is 80.9. The minimum Gasteiger partial charge on any atom is -0.493 e. The third kappa shape index (κ3) is 3.17. The van der Waals surface area contributed by atoms with Crippen LogP contribution in [0.5, 0.6) is 5.75 Å². The van der Waals surface area contributed by atoms with E-state index in [0.717, 1.165) is 6.07 Å². The summed E-state index contributed by atoms with van der Waals surface area (Å²) >= 11 is 0. The molecule has 0 heterocycles. The molecule has 1 aromatic carbocycles. The van der Waals surface area contributed by atoms with Gasteiger partial charge in [0, 0.05) is 5.56 Å². The average Bonchev–Trinajstić information content (AvgIpc) is 2.26. The van der Waals surface area contributed by atoms with E-state index >= 15 is 0 Å². The molecule has 8 heteroatoms. The van der Waals surface area contributed by atoms with Gasteiger partial charge in [-0.1, -0.05) is 0 Å². The number of hydrogen-bond donors (Lipinski definition) is 1. The van der Waals surface area contributed by atoms with Gasteiger partial charge in [0.25, 0.3) is 0 Å². The molecule has 0 amide bonds. The number of aliphatic hydroxyl groups is 1. The fraction of sp³-hybridized carbons (Fsp3) is 0.500. The lowest BCUT2D eigenvalue weighted by Crippen LogP contribution is -2.39. The van der Waals surface area contributed by atoms with Crippen LogP contribution in [0.2, 0.25) is 0 Å². The van der Waals surface area contributed by atoms with Crippen LogP contribution in [-0.4, -0.2) is 17.9 Å². The van der Waals surface area contributed by atoms with Gasteiger partial charge in [0.05, 0.1) is 12.2 Å². The van der Waals surface area contributed by atoms with Gasteiger partial charge in [-0.2, -0.15) is 26.3 Å². The largest absolute Gasteiger partial charge is 0.493 e. The van der Waals surface area contributed by atoms with Gasteiger partial charge in [-0.25, -0.2) is 0 Å². The summed E-state index contributed by atoms with van der Waals surface area (Å²) in [6, 6.07) is 1.61. The highest BCUT2D eigenvalue weighted by Gasteiger charge is 2.53. The maximum absolute atomic E-state index is 12.8. The second-order valence-corrected chi connectivity index (χ2v) is 4.21. The molecule has 1 unspecified atom stereocenters. The maximum Gasteiger partial charge on any atom is 0.421 e. The van der Waals surface area contributed by atoms with Crippen molar-refractivity contribution in [3.05, 3.63) is 29.3 Å². The lowest BCUT2D eigenvalue weighted by molar-refractivity contribution is -0.259. The first-order valence-electron chi connectivity index (χ1n) is 5.55. The zero-order valence-electron chi connectivity index (χ0n) is 10.6. The number of halogens is 6. The Balaban J connectivity index is 3.48. The molecule has 0 spiro atoms. The van der Waals surface area contributed by atoms with Crippen molar-refractivity contribution >= 4 is 0 Å². The smallest absolute Gasteiger partial charge is 0.421 e. The molecule has 1 N–H and O–H groups in total. The molecule has 0 aromatic heterocycles. The van der Waals surface area contributed by atoms with Crippen LogP contribution in [-0.2, 0) is 11.8 Å². The first kappa shape index (κ1) is 16.6. The lowest BCUT2D eigenvalue weighted by atomic mass is 9.92. The van der Waals surface area contributed by atoms with Crippen molar-refractivity contribution in [2.24, 2.45) is 0 Å². The highest BCUT2D eigenvalue weighted by Crippen LogP contribution is 2.44. The molecule has 0 fully saturated rings. The van der Waals surface area contributed by atoms with Crippen molar-refractivity contribution in [1.82, 2.24) is 0 Å². The van der Waals surface area contributed by atoms with Crippen molar-refractivity contribution in [2.75, 3.05) is 6.61 Å². The number of alkyl halides is 6. The van der Waals surface area contributed by atoms with Crippen LogP contribution in [0.3, 0.4) is 0 Å². The zero-order valence-corrected chi connectivity index (χ0v) is 10.6. The van der Waals surface area contributed by atoms with E-state index in [-0.39, 0.29) is 12.7 Å². The van der Waals surface area contributed by atoms with Crippen LogP contribution in [0, 0.1) is 0 Å². The molecule has 2 nitrogen and oxygen atoms in total. The molecule has 0 saturated carbocycles. The van der Waals surface area contributed by atoms with Gasteiger partial charge in [-0.05, 0) is 32.0 Å². The first-order valence-corrected chi connectivity index (χ1v) is 5.55. The molecule has 0 radical (unpaired) electrons. The number of hydrogen-bond acceptors (Lipinski definition) is 2. The fourth-order valence-electron chi connectivity index (χ4n) is 1.52. The van der Waals surface area contributed by atoms with Gasteiger partial charge < -0.3 is 9.84 Å². The van der Waals surface area contributed by atoms with Crippen LogP contribution < -0.4 is 4.74 Å². The second-order valence-electron chi connectivity index (χ2n) is 4.21. The van der Waals surface area contributed by atoms with E-state index in [4.69, 9.17) is 4.74 Å². The Hall–Kier alpha value is -1.44. The lowest BCUT2D eigenvalue weighted by Gasteiger charge is -2.29. The van der Waals surface area contributed by atoms with E-state index in [2.05, 4.69) is 0 Å². The third-order valence-corrected chi connectivity index (χ3v) is 2.68. The van der Waals surface area contributed by atoms with Crippen molar-refractivity contribution < 1.29 is 36.2 Å². The van der Waals surface area contributed by atoms with Gasteiger partial charge in [-0.15, -0.1) is 0 Å². The molecule has 0 bridgehead atoms. The first-order chi connectivity index (χ1) is 8.91. The minimum absolute atomic E-state index is 0.0493. The van der Waals surface area contributed by atoms with Gasteiger partial charge >= 0.3 is 12.4 Å². The topological polar surface area (TPSA) is 29.5 Å². The Bertz CT molecular complexity index is 476. The summed E-state index contributed by atoms with van der Waals surface area (Å²) in [5.74, 6) is -0.442. The Labute approximate surface area is 111 Å². The third-order valence-electron chi connectivity index (χ3n) is 2.68. The molecule has 114 valence electrons. The maximum atomic E-state index is 12.8. The molecular weight excluding hydrogens is 290 g/mol. The number of ether oxygens (including phenoxy) is 1. The van der Waals surface area contributed by atoms with Crippen LogP contribution in [0.15, 0.2) is 18.2 Å². The summed E-state index contributed by atoms with van der Waals surface area (Å²) in [5.41, 5.74) is -5.71. The molecule has 0 aliphatic rings. The quantitative estimate of drug-likeness (QED) is 0.859. The molecule has 0 aliphatic heterocycles. The SMILES string of the molecule is CCOc1ccc(C(F)(F)F)cc1C(C)(O)C(F)(F)F. The Morgan fingerprint density at radius 2 is 1.65 bits per heavy atom. The van der Waals surface area contributed by atoms with Crippen molar-refractivity contribution in [2.45, 2.75) is 31.8 Å². The number of rotatable bonds is 3. The Morgan fingerprint density at radius 3 is 2.05 bits per heavy atom. The van der Waals surface area contributed by atoms with Gasteiger partial charge in [-0.3, -0.25) is 0 Å². The van der Waals surface area contributed by atoms with E-state index in [9.17, 15) is 31.4 Å². The number of benzene rings is 1. The van der Waals surface area contributed by atoms with E-state index < -0.39 is 34.8 Å². The monoisotopic (exact) mass is 302 g/mol. The summed E-state index contributed by atoms with van der Waals surface area (Å²) in [7, 11) is 0. The van der Waals surface area contributed by atoms with Crippen LogP contribution in [0.25, 0.3) is 0 Å². The molecular formula is C12H12F6O2. The highest BCUT2D eigenvalue weighted by atomic mass is 19.4. The van der Waals surface area contributed by atoms with Gasteiger partial charge in [0.1, 0.15) is 5.75 Å². The Kier molecular flexibility index (Phi) is 4.28. The summed E-state index contributed by atoms with van der Waals surface area (Å²) in [5, 5.41) is 9.55. The van der Waals surface area contributed by atoms with Crippen molar-refractivity contribution in [3.63, 3.8) is 0 Å². The molecule has 1 aromatic rings. The highest BCUT2D eigenvalue weighted by molar-refractivity contribution is 5.42. The van der Waals surface area contributed by atoms with E-state index in [1.54, 1.807) is 0 Å². The standard InChI is InChI=1S/C12H12F6O2/c1-3-20-9-5-4-7(11(13,14)15)6-8(9)10(2,19)12(16,17)18/h4-6,19H,3H2,1-2H3. The van der Waals surface area contributed by atoms with E-state index in [0.29, 0.717) is 13.0 Å². The van der Waals surface area contributed by atoms with Gasteiger partial charge in [0.2, 0.25) is 0 Å². The van der Waals surface area contributed by atoms with Gasteiger partial charge in [0.15, 0.2) is 5.60 Å². The summed E-state index contributed by atoms with van der Waals surface area (Å²) in [6.07, 6.45) is -9.95. The molecule has 0 saturated heterocycles. The Morgan fingerprint density at radius 1 is 1.10 bits per heavy atom. The second kappa shape index (κ2) is 5.16. The van der Waals surface area contributed by atoms with Crippen LogP contribution >= 0.6 is 0 Å². The summed E-state index contributed by atoms with van der Waals surface area (Å²) in [4.78, 5) is 0. The van der Waals surface area contributed by atoms with Crippen LogP contribution in [0.1, 0.15) is 25.0 Å². The normalized spacial score (nSPS) is 15.8. The molecule has 0 aliphatic carbocycles. The average molecular weight is 302 g/mol. The van der Waals surface area contributed by atoms with Crippen LogP contribution in [0.4, 0.5) is 26.3 Å². The predicted molar refractivity (Wildman–Crippen MR) is 58.2 cm³/mol. The zero-order chi connectivity index (χ0) is 15.8. The molecule has 1 rings (SSSR count). The molecule has 1 atom stereocenters. The van der Waals surface area contributed by atoms with E-state index in [1.807, 2.05) is 0 Å². The van der Waals surface area contributed by atoms with E-state index in [1.165, 1.54) is 6.92 Å². The van der Waals surface area contributed by atoms with Crippen molar-refractivity contribution in [1.29, 1.82) is 0 Å².